The maximum Gasteiger partial charge on any atom is 0.254 e. The molecule has 3 rings (SSSR count). The van der Waals surface area contributed by atoms with Crippen molar-refractivity contribution in [2.75, 3.05) is 13.1 Å². The van der Waals surface area contributed by atoms with Crippen molar-refractivity contribution in [3.8, 4) is 0 Å². The second-order valence-corrected chi connectivity index (χ2v) is 5.30. The van der Waals surface area contributed by atoms with E-state index in [1.807, 2.05) is 11.8 Å². The highest BCUT2D eigenvalue weighted by atomic mass is 16.5. The molecular weight excluding hydrogens is 268 g/mol. The summed E-state index contributed by atoms with van der Waals surface area (Å²) in [5.41, 5.74) is 1.73. The molecule has 2 aromatic rings. The molecule has 1 saturated heterocycles. The van der Waals surface area contributed by atoms with Gasteiger partial charge in [-0.3, -0.25) is 9.78 Å². The van der Waals surface area contributed by atoms with Gasteiger partial charge in [-0.1, -0.05) is 12.1 Å². The molecule has 1 atom stereocenters. The van der Waals surface area contributed by atoms with Crippen LogP contribution < -0.4 is 0 Å². The molecule has 0 aliphatic carbocycles. The van der Waals surface area contributed by atoms with E-state index >= 15 is 0 Å². The third-order valence-corrected chi connectivity index (χ3v) is 3.88. The Balaban J connectivity index is 1.75. The van der Waals surface area contributed by atoms with Gasteiger partial charge in [0.25, 0.3) is 5.91 Å². The number of pyridine rings is 1. The van der Waals surface area contributed by atoms with Crippen LogP contribution in [0.4, 0.5) is 0 Å². The number of carbonyl (C=O) groups excluding carboxylic acids is 1. The summed E-state index contributed by atoms with van der Waals surface area (Å²) in [6, 6.07) is 1.80. The number of hydrogen-bond acceptors (Lipinski definition) is 5. The minimum absolute atomic E-state index is 0.0630. The van der Waals surface area contributed by atoms with Gasteiger partial charge in [0, 0.05) is 31.0 Å². The van der Waals surface area contributed by atoms with Crippen molar-refractivity contribution in [1.29, 1.82) is 0 Å². The summed E-state index contributed by atoms with van der Waals surface area (Å²) in [4.78, 5) is 22.9. The highest BCUT2D eigenvalue weighted by Crippen LogP contribution is 2.27. The van der Waals surface area contributed by atoms with E-state index in [1.54, 1.807) is 25.4 Å². The summed E-state index contributed by atoms with van der Waals surface area (Å²) in [6.45, 7) is 5.18. The molecule has 6 nitrogen and oxygen atoms in total. The van der Waals surface area contributed by atoms with Crippen molar-refractivity contribution in [2.24, 2.45) is 0 Å². The number of hydrogen-bond donors (Lipinski definition) is 0. The molecule has 0 spiro atoms. The Kier molecular flexibility index (Phi) is 3.68. The summed E-state index contributed by atoms with van der Waals surface area (Å²) in [6.07, 6.45) is 5.10. The van der Waals surface area contributed by atoms with E-state index in [4.69, 9.17) is 4.52 Å². The SMILES string of the molecule is CCc1cnccc1C(=O)N1CC[C@@H](c2nc(C)no2)C1. The number of aromatic nitrogens is 3. The molecule has 1 aliphatic rings. The molecule has 110 valence electrons. The highest BCUT2D eigenvalue weighted by molar-refractivity contribution is 5.95. The van der Waals surface area contributed by atoms with Crippen molar-refractivity contribution in [2.45, 2.75) is 32.6 Å². The van der Waals surface area contributed by atoms with Crippen LogP contribution in [0.15, 0.2) is 23.0 Å². The molecule has 0 radical (unpaired) electrons. The number of rotatable bonds is 3. The first-order valence-corrected chi connectivity index (χ1v) is 7.21. The van der Waals surface area contributed by atoms with Crippen LogP contribution in [0.3, 0.4) is 0 Å². The Bertz CT molecular complexity index is 653. The van der Waals surface area contributed by atoms with Crippen LogP contribution >= 0.6 is 0 Å². The first-order chi connectivity index (χ1) is 10.2. The fraction of sp³-hybridized carbons (Fsp3) is 0.467. The second kappa shape index (κ2) is 5.63. The van der Waals surface area contributed by atoms with Crippen molar-refractivity contribution < 1.29 is 9.32 Å². The van der Waals surface area contributed by atoms with Crippen molar-refractivity contribution in [1.82, 2.24) is 20.0 Å². The normalized spacial score (nSPS) is 18.2. The van der Waals surface area contributed by atoms with Gasteiger partial charge in [-0.25, -0.2) is 0 Å². The van der Waals surface area contributed by atoms with Gasteiger partial charge in [0.1, 0.15) is 0 Å². The van der Waals surface area contributed by atoms with Crippen LogP contribution in [0.5, 0.6) is 0 Å². The van der Waals surface area contributed by atoms with Gasteiger partial charge >= 0.3 is 0 Å². The quantitative estimate of drug-likeness (QED) is 0.862. The molecule has 6 heteroatoms. The van der Waals surface area contributed by atoms with Gasteiger partial charge in [0.15, 0.2) is 5.82 Å². The molecule has 2 aromatic heterocycles. The van der Waals surface area contributed by atoms with Crippen LogP contribution in [0, 0.1) is 6.92 Å². The minimum atomic E-state index is 0.0630. The molecule has 0 unspecified atom stereocenters. The van der Waals surface area contributed by atoms with Crippen LogP contribution in [0.1, 0.15) is 46.9 Å². The maximum atomic E-state index is 12.6. The molecule has 0 N–H and O–H groups in total. The maximum absolute atomic E-state index is 12.6. The van der Waals surface area contributed by atoms with Crippen LogP contribution in [0.2, 0.25) is 0 Å². The van der Waals surface area contributed by atoms with E-state index in [9.17, 15) is 4.79 Å². The number of likely N-dealkylation sites (tertiary alicyclic amines) is 1. The average molecular weight is 286 g/mol. The lowest BCUT2D eigenvalue weighted by molar-refractivity contribution is 0.0788. The van der Waals surface area contributed by atoms with Crippen LogP contribution in [-0.4, -0.2) is 39.0 Å². The summed E-state index contributed by atoms with van der Waals surface area (Å²) in [7, 11) is 0. The molecular formula is C15H18N4O2. The van der Waals surface area contributed by atoms with E-state index in [1.165, 1.54) is 0 Å². The molecule has 1 fully saturated rings. The molecule has 1 amide bonds. The lowest BCUT2D eigenvalue weighted by atomic mass is 10.1. The predicted octanol–water partition coefficient (Wildman–Crippen LogP) is 1.97. The average Bonchev–Trinajstić information content (AvgIpc) is 3.15. The Morgan fingerprint density at radius 3 is 3.10 bits per heavy atom. The Morgan fingerprint density at radius 1 is 1.52 bits per heavy atom. The fourth-order valence-electron chi connectivity index (χ4n) is 2.71. The molecule has 21 heavy (non-hydrogen) atoms. The van der Waals surface area contributed by atoms with E-state index in [0.29, 0.717) is 18.3 Å². The Morgan fingerprint density at radius 2 is 2.38 bits per heavy atom. The van der Waals surface area contributed by atoms with Crippen LogP contribution in [0.25, 0.3) is 0 Å². The summed E-state index contributed by atoms with van der Waals surface area (Å²) < 4.78 is 5.22. The monoisotopic (exact) mass is 286 g/mol. The van der Waals surface area contributed by atoms with E-state index in [2.05, 4.69) is 15.1 Å². The standard InChI is InChI=1S/C15H18N4O2/c1-3-11-8-16-6-4-13(11)15(20)19-7-5-12(9-19)14-17-10(2)18-21-14/h4,6,8,12H,3,5,7,9H2,1-2H3/t12-/m1/s1. The first kappa shape index (κ1) is 13.7. The Hall–Kier alpha value is -2.24. The van der Waals surface area contributed by atoms with Crippen molar-refractivity contribution >= 4 is 5.91 Å². The summed E-state index contributed by atoms with van der Waals surface area (Å²) in [5, 5.41) is 3.82. The Labute approximate surface area is 123 Å². The molecule has 3 heterocycles. The lowest BCUT2D eigenvalue weighted by Gasteiger charge is -2.17. The van der Waals surface area contributed by atoms with Crippen molar-refractivity contribution in [3.63, 3.8) is 0 Å². The summed E-state index contributed by atoms with van der Waals surface area (Å²) in [5.74, 6) is 1.47. The highest BCUT2D eigenvalue weighted by Gasteiger charge is 2.31. The smallest absolute Gasteiger partial charge is 0.254 e. The summed E-state index contributed by atoms with van der Waals surface area (Å²) >= 11 is 0. The molecule has 1 aliphatic heterocycles. The third-order valence-electron chi connectivity index (χ3n) is 3.88. The molecule has 0 aromatic carbocycles. The zero-order chi connectivity index (χ0) is 14.8. The molecule has 0 saturated carbocycles. The number of nitrogens with zero attached hydrogens (tertiary/aromatic N) is 4. The zero-order valence-electron chi connectivity index (χ0n) is 12.2. The largest absolute Gasteiger partial charge is 0.339 e. The number of aryl methyl sites for hydroxylation is 2. The zero-order valence-corrected chi connectivity index (χ0v) is 12.2. The van der Waals surface area contributed by atoms with Crippen LogP contribution in [-0.2, 0) is 6.42 Å². The topological polar surface area (TPSA) is 72.1 Å². The number of amides is 1. The lowest BCUT2D eigenvalue weighted by Crippen LogP contribution is -2.29. The minimum Gasteiger partial charge on any atom is -0.339 e. The van der Waals surface area contributed by atoms with Gasteiger partial charge in [-0.05, 0) is 31.4 Å². The number of carbonyl (C=O) groups is 1. The second-order valence-electron chi connectivity index (χ2n) is 5.30. The van der Waals surface area contributed by atoms with E-state index in [0.717, 1.165) is 30.5 Å². The predicted molar refractivity (Wildman–Crippen MR) is 75.9 cm³/mol. The van der Waals surface area contributed by atoms with Gasteiger partial charge in [-0.2, -0.15) is 4.98 Å². The van der Waals surface area contributed by atoms with Gasteiger partial charge < -0.3 is 9.42 Å². The molecule has 0 bridgehead atoms. The van der Waals surface area contributed by atoms with Gasteiger partial charge in [0.05, 0.1) is 5.92 Å². The van der Waals surface area contributed by atoms with E-state index < -0.39 is 0 Å². The fourth-order valence-corrected chi connectivity index (χ4v) is 2.71. The third kappa shape index (κ3) is 2.66. The van der Waals surface area contributed by atoms with Gasteiger partial charge in [0.2, 0.25) is 5.89 Å². The van der Waals surface area contributed by atoms with Gasteiger partial charge in [-0.15, -0.1) is 0 Å². The first-order valence-electron chi connectivity index (χ1n) is 7.21. The van der Waals surface area contributed by atoms with E-state index in [-0.39, 0.29) is 11.8 Å². The van der Waals surface area contributed by atoms with Crippen molar-refractivity contribution in [3.05, 3.63) is 41.3 Å².